The maximum Gasteiger partial charge on any atom is 0.232 e. The first-order chi connectivity index (χ1) is 14.5. The summed E-state index contributed by atoms with van der Waals surface area (Å²) in [6.45, 7) is 6.57. The van der Waals surface area contributed by atoms with Crippen LogP contribution in [0.2, 0.25) is 0 Å². The third-order valence-electron chi connectivity index (χ3n) is 5.65. The van der Waals surface area contributed by atoms with Crippen molar-refractivity contribution in [2.75, 3.05) is 39.3 Å². The lowest BCUT2D eigenvalue weighted by Crippen LogP contribution is -2.46. The molecule has 0 atom stereocenters. The maximum absolute atomic E-state index is 13.0. The van der Waals surface area contributed by atoms with E-state index in [4.69, 9.17) is 9.84 Å². The largest absolute Gasteiger partial charge is 0.507 e. The predicted octanol–water partition coefficient (Wildman–Crippen LogP) is 3.19. The highest BCUT2D eigenvalue weighted by Gasteiger charge is 2.34. The van der Waals surface area contributed by atoms with E-state index in [1.807, 2.05) is 31.2 Å². The summed E-state index contributed by atoms with van der Waals surface area (Å²) in [6.07, 6.45) is 1.74. The number of fused-ring (bicyclic) bond motifs is 1. The molecule has 1 fully saturated rings. The van der Waals surface area contributed by atoms with Gasteiger partial charge in [-0.2, -0.15) is 0 Å². The minimum atomic E-state index is -0.153. The van der Waals surface area contributed by atoms with E-state index in [-0.39, 0.29) is 23.9 Å². The van der Waals surface area contributed by atoms with E-state index >= 15 is 0 Å². The normalized spacial score (nSPS) is 18.6. The van der Waals surface area contributed by atoms with Crippen LogP contribution >= 0.6 is 15.9 Å². The van der Waals surface area contributed by atoms with Gasteiger partial charge in [-0.15, -0.1) is 0 Å². The smallest absolute Gasteiger partial charge is 0.232 e. The van der Waals surface area contributed by atoms with E-state index in [0.717, 1.165) is 36.2 Å². The fourth-order valence-electron chi connectivity index (χ4n) is 3.98. The molecule has 2 aromatic carbocycles. The number of carbonyl (C=O) groups is 1. The van der Waals surface area contributed by atoms with Crippen LogP contribution in [0.4, 0.5) is 0 Å². The number of rotatable bonds is 5. The molecule has 2 aliphatic heterocycles. The number of piperazine rings is 1. The molecule has 1 saturated heterocycles. The molecule has 30 heavy (non-hydrogen) atoms. The van der Waals surface area contributed by atoms with Crippen LogP contribution in [-0.4, -0.2) is 65.1 Å². The van der Waals surface area contributed by atoms with Crippen molar-refractivity contribution < 1.29 is 19.7 Å². The lowest BCUT2D eigenvalue weighted by atomic mass is 9.99. The topological polar surface area (TPSA) is 73.2 Å². The van der Waals surface area contributed by atoms with E-state index in [9.17, 15) is 9.90 Å². The van der Waals surface area contributed by atoms with Gasteiger partial charge in [0.2, 0.25) is 5.78 Å². The molecular formula is C23H25BrN2O4. The van der Waals surface area contributed by atoms with Crippen molar-refractivity contribution in [1.29, 1.82) is 0 Å². The number of aromatic hydroxyl groups is 1. The molecule has 2 heterocycles. The van der Waals surface area contributed by atoms with Crippen molar-refractivity contribution in [3.63, 3.8) is 0 Å². The number of carbonyl (C=O) groups excluding carboxylic acids is 1. The number of hydrogen-bond donors (Lipinski definition) is 2. The number of allylic oxidation sites excluding steroid dienone is 1. The van der Waals surface area contributed by atoms with Crippen molar-refractivity contribution in [3.8, 4) is 11.5 Å². The van der Waals surface area contributed by atoms with Gasteiger partial charge in [-0.05, 0) is 42.3 Å². The molecule has 0 amide bonds. The molecule has 0 unspecified atom stereocenters. The summed E-state index contributed by atoms with van der Waals surface area (Å²) >= 11 is 3.41. The zero-order valence-corrected chi connectivity index (χ0v) is 18.5. The van der Waals surface area contributed by atoms with Gasteiger partial charge in [0.1, 0.15) is 11.5 Å². The molecular weight excluding hydrogens is 448 g/mol. The lowest BCUT2D eigenvalue weighted by molar-refractivity contribution is 0.101. The number of aliphatic hydroxyl groups excluding tert-OH is 1. The number of nitrogens with zero attached hydrogens (tertiary/aromatic N) is 2. The van der Waals surface area contributed by atoms with E-state index in [1.54, 1.807) is 12.1 Å². The molecule has 4 rings (SSSR count). The van der Waals surface area contributed by atoms with Crippen LogP contribution in [0.25, 0.3) is 6.08 Å². The second kappa shape index (κ2) is 8.89. The minimum Gasteiger partial charge on any atom is -0.507 e. The van der Waals surface area contributed by atoms with Gasteiger partial charge < -0.3 is 14.9 Å². The minimum absolute atomic E-state index is 0.153. The summed E-state index contributed by atoms with van der Waals surface area (Å²) in [4.78, 5) is 17.5. The molecule has 7 heteroatoms. The number of phenolic OH excluding ortho intramolecular Hbond substituents is 1. The SMILES string of the molecule is Cc1cc(O)c(CN2CCN(CCO)CC2)c2c1C(=O)/C(=C/c1ccc(Br)cc1)O2. The van der Waals surface area contributed by atoms with Crippen molar-refractivity contribution in [3.05, 3.63) is 62.8 Å². The first kappa shape index (κ1) is 21.1. The standard InChI is InChI=1S/C23H25BrN2O4/c1-15-12-19(28)18(14-26-8-6-25(7-9-26)10-11-27)23-21(15)22(29)20(30-23)13-16-2-4-17(24)5-3-16/h2-5,12-13,27-28H,6-11,14H2,1H3/b20-13-. The molecule has 6 nitrogen and oxygen atoms in total. The Bertz CT molecular complexity index is 980. The number of aryl methyl sites for hydroxylation is 1. The van der Waals surface area contributed by atoms with Crippen LogP contribution < -0.4 is 4.74 Å². The van der Waals surface area contributed by atoms with Gasteiger partial charge in [-0.3, -0.25) is 14.6 Å². The molecule has 2 N–H and O–H groups in total. The molecule has 158 valence electrons. The van der Waals surface area contributed by atoms with E-state index < -0.39 is 0 Å². The Morgan fingerprint density at radius 1 is 1.13 bits per heavy atom. The van der Waals surface area contributed by atoms with Gasteiger partial charge in [0.15, 0.2) is 5.76 Å². The summed E-state index contributed by atoms with van der Waals surface area (Å²) in [5, 5.41) is 19.7. The van der Waals surface area contributed by atoms with Crippen LogP contribution in [-0.2, 0) is 6.54 Å². The number of Topliss-reactive ketones (excluding diaryl/α,β-unsaturated/α-hetero) is 1. The van der Waals surface area contributed by atoms with E-state index in [2.05, 4.69) is 25.7 Å². The van der Waals surface area contributed by atoms with Gasteiger partial charge in [0.05, 0.1) is 17.7 Å². The molecule has 0 bridgehead atoms. The average Bonchev–Trinajstić information content (AvgIpc) is 3.05. The number of aliphatic hydroxyl groups is 1. The molecule has 0 spiro atoms. The van der Waals surface area contributed by atoms with E-state index in [1.165, 1.54) is 0 Å². The van der Waals surface area contributed by atoms with Crippen molar-refractivity contribution in [1.82, 2.24) is 9.80 Å². The zero-order chi connectivity index (χ0) is 21.3. The fraction of sp³-hybridized carbons (Fsp3) is 0.348. The Kier molecular flexibility index (Phi) is 6.24. The number of ether oxygens (including phenoxy) is 1. The number of phenols is 1. The van der Waals surface area contributed by atoms with Gasteiger partial charge in [0, 0.05) is 43.7 Å². The Morgan fingerprint density at radius 3 is 2.47 bits per heavy atom. The summed E-state index contributed by atoms with van der Waals surface area (Å²) < 4.78 is 6.98. The van der Waals surface area contributed by atoms with Crippen LogP contribution in [0, 0.1) is 6.92 Å². The Morgan fingerprint density at radius 2 is 1.80 bits per heavy atom. The Labute approximate surface area is 184 Å². The van der Waals surface area contributed by atoms with Crippen molar-refractivity contribution >= 4 is 27.8 Å². The highest BCUT2D eigenvalue weighted by atomic mass is 79.9. The zero-order valence-electron chi connectivity index (χ0n) is 16.9. The molecule has 2 aliphatic rings. The van der Waals surface area contributed by atoms with Crippen LogP contribution in [0.3, 0.4) is 0 Å². The summed E-state index contributed by atoms with van der Waals surface area (Å²) in [7, 11) is 0. The summed E-state index contributed by atoms with van der Waals surface area (Å²) in [6, 6.07) is 9.30. The summed E-state index contributed by atoms with van der Waals surface area (Å²) in [5.74, 6) is 0.745. The van der Waals surface area contributed by atoms with Crippen molar-refractivity contribution in [2.45, 2.75) is 13.5 Å². The maximum atomic E-state index is 13.0. The van der Waals surface area contributed by atoms with Crippen LogP contribution in [0.5, 0.6) is 11.5 Å². The van der Waals surface area contributed by atoms with E-state index in [0.29, 0.717) is 35.5 Å². The second-order valence-corrected chi connectivity index (χ2v) is 8.64. The number of hydrogen-bond acceptors (Lipinski definition) is 6. The lowest BCUT2D eigenvalue weighted by Gasteiger charge is -2.34. The number of benzene rings is 2. The van der Waals surface area contributed by atoms with Crippen LogP contribution in [0.1, 0.15) is 27.0 Å². The summed E-state index contributed by atoms with van der Waals surface area (Å²) in [5.41, 5.74) is 2.77. The molecule has 0 aliphatic carbocycles. The number of ketones is 1. The number of halogens is 1. The van der Waals surface area contributed by atoms with Gasteiger partial charge in [0.25, 0.3) is 0 Å². The molecule has 0 aromatic heterocycles. The fourth-order valence-corrected chi connectivity index (χ4v) is 4.24. The first-order valence-corrected chi connectivity index (χ1v) is 10.9. The average molecular weight is 473 g/mol. The highest BCUT2D eigenvalue weighted by Crippen LogP contribution is 2.42. The third kappa shape index (κ3) is 4.30. The monoisotopic (exact) mass is 472 g/mol. The second-order valence-electron chi connectivity index (χ2n) is 7.73. The third-order valence-corrected chi connectivity index (χ3v) is 6.18. The predicted molar refractivity (Wildman–Crippen MR) is 119 cm³/mol. The van der Waals surface area contributed by atoms with Gasteiger partial charge >= 0.3 is 0 Å². The molecule has 2 aromatic rings. The molecule has 0 saturated carbocycles. The van der Waals surface area contributed by atoms with Gasteiger partial charge in [-0.1, -0.05) is 28.1 Å². The van der Waals surface area contributed by atoms with Crippen LogP contribution in [0.15, 0.2) is 40.6 Å². The Balaban J connectivity index is 1.59. The Hall–Kier alpha value is -2.19. The molecule has 0 radical (unpaired) electrons. The number of β-amino-alcohol motifs (C(OH)–C–C–N with tert-alkyl or cyclic N) is 1. The first-order valence-electron chi connectivity index (χ1n) is 10.1. The van der Waals surface area contributed by atoms with Gasteiger partial charge in [-0.25, -0.2) is 0 Å². The highest BCUT2D eigenvalue weighted by molar-refractivity contribution is 9.10. The van der Waals surface area contributed by atoms with Crippen molar-refractivity contribution in [2.24, 2.45) is 0 Å². The quantitative estimate of drug-likeness (QED) is 0.651.